The molecule has 2 fully saturated rings. The first-order chi connectivity index (χ1) is 7.42. The summed E-state index contributed by atoms with van der Waals surface area (Å²) in [7, 11) is 0. The van der Waals surface area contributed by atoms with E-state index in [1.54, 1.807) is 4.88 Å². The first-order valence-electron chi connectivity index (χ1n) is 6.19. The van der Waals surface area contributed by atoms with E-state index in [0.29, 0.717) is 5.41 Å². The van der Waals surface area contributed by atoms with Crippen LogP contribution in [0.1, 0.15) is 43.4 Å². The lowest BCUT2D eigenvalue weighted by Gasteiger charge is -2.34. The van der Waals surface area contributed by atoms with Gasteiger partial charge in [0.1, 0.15) is 0 Å². The van der Waals surface area contributed by atoms with Gasteiger partial charge in [-0.2, -0.15) is 0 Å². The fraction of sp³-hybridized carbons (Fsp3) is 0.692. The highest BCUT2D eigenvalue weighted by molar-refractivity contribution is 7.10. The van der Waals surface area contributed by atoms with Gasteiger partial charge in [-0.3, -0.25) is 0 Å². The van der Waals surface area contributed by atoms with Gasteiger partial charge < -0.3 is 5.32 Å². The van der Waals surface area contributed by atoms with Crippen LogP contribution in [0.5, 0.6) is 0 Å². The standard InChI is InChI=1S/C13H19NS/c1-2-8-13(7-1,11-5-3-9-14-11)12-6-4-10-15-12/h4,6,10-11,14H,1-3,5,7-9H2. The van der Waals surface area contributed by atoms with Gasteiger partial charge in [0.05, 0.1) is 0 Å². The van der Waals surface area contributed by atoms with Crippen LogP contribution in [-0.4, -0.2) is 12.6 Å². The Morgan fingerprint density at radius 3 is 2.73 bits per heavy atom. The molecule has 1 aromatic rings. The van der Waals surface area contributed by atoms with Gasteiger partial charge in [0.2, 0.25) is 0 Å². The van der Waals surface area contributed by atoms with Gasteiger partial charge in [0, 0.05) is 16.3 Å². The maximum atomic E-state index is 3.73. The summed E-state index contributed by atoms with van der Waals surface area (Å²) in [4.78, 5) is 1.64. The second-order valence-electron chi connectivity index (χ2n) is 4.99. The zero-order chi connectivity index (χ0) is 10.1. The molecule has 2 heteroatoms. The molecule has 3 rings (SSSR count). The maximum Gasteiger partial charge on any atom is 0.0200 e. The van der Waals surface area contributed by atoms with E-state index in [1.165, 1.54) is 45.1 Å². The predicted molar refractivity (Wildman–Crippen MR) is 65.5 cm³/mol. The van der Waals surface area contributed by atoms with E-state index in [0.717, 1.165) is 6.04 Å². The van der Waals surface area contributed by atoms with Crippen LogP contribution in [0.25, 0.3) is 0 Å². The van der Waals surface area contributed by atoms with Crippen LogP contribution >= 0.6 is 11.3 Å². The van der Waals surface area contributed by atoms with Gasteiger partial charge in [0.15, 0.2) is 0 Å². The quantitative estimate of drug-likeness (QED) is 0.808. The topological polar surface area (TPSA) is 12.0 Å². The number of nitrogens with one attached hydrogen (secondary N) is 1. The van der Waals surface area contributed by atoms with Crippen molar-refractivity contribution in [2.24, 2.45) is 0 Å². The molecule has 2 aliphatic rings. The molecule has 1 unspecified atom stereocenters. The minimum atomic E-state index is 0.505. The first kappa shape index (κ1) is 9.86. The average Bonchev–Trinajstić information content (AvgIpc) is 3.02. The monoisotopic (exact) mass is 221 g/mol. The summed E-state index contributed by atoms with van der Waals surface area (Å²) in [6, 6.07) is 5.34. The van der Waals surface area contributed by atoms with Crippen LogP contribution in [0.2, 0.25) is 0 Å². The van der Waals surface area contributed by atoms with Gasteiger partial charge in [-0.05, 0) is 43.7 Å². The number of rotatable bonds is 2. The van der Waals surface area contributed by atoms with Gasteiger partial charge >= 0.3 is 0 Å². The van der Waals surface area contributed by atoms with Crippen LogP contribution in [0, 0.1) is 0 Å². The molecule has 0 amide bonds. The average molecular weight is 221 g/mol. The Labute approximate surface area is 95.9 Å². The normalized spacial score (nSPS) is 29.7. The third kappa shape index (κ3) is 1.55. The zero-order valence-corrected chi connectivity index (χ0v) is 9.98. The van der Waals surface area contributed by atoms with Gasteiger partial charge in [-0.25, -0.2) is 0 Å². The Balaban J connectivity index is 1.94. The van der Waals surface area contributed by atoms with Crippen LogP contribution in [0.15, 0.2) is 17.5 Å². The molecule has 1 aliphatic heterocycles. The lowest BCUT2D eigenvalue weighted by atomic mass is 9.76. The van der Waals surface area contributed by atoms with Crippen molar-refractivity contribution >= 4 is 11.3 Å². The summed E-state index contributed by atoms with van der Waals surface area (Å²) in [6.45, 7) is 1.23. The summed E-state index contributed by atoms with van der Waals surface area (Å²) >= 11 is 1.97. The van der Waals surface area contributed by atoms with E-state index in [9.17, 15) is 0 Å². The lowest BCUT2D eigenvalue weighted by Crippen LogP contribution is -2.42. The van der Waals surface area contributed by atoms with E-state index < -0.39 is 0 Å². The van der Waals surface area contributed by atoms with Crippen molar-refractivity contribution < 1.29 is 0 Å². The fourth-order valence-corrected chi connectivity index (χ4v) is 4.53. The molecule has 1 saturated carbocycles. The van der Waals surface area contributed by atoms with Crippen molar-refractivity contribution in [2.45, 2.75) is 50.0 Å². The third-order valence-electron chi connectivity index (χ3n) is 4.24. The minimum Gasteiger partial charge on any atom is -0.313 e. The maximum absolute atomic E-state index is 3.73. The van der Waals surface area contributed by atoms with E-state index >= 15 is 0 Å². The summed E-state index contributed by atoms with van der Waals surface area (Å²) < 4.78 is 0. The third-order valence-corrected chi connectivity index (χ3v) is 5.32. The SMILES string of the molecule is c1csc(C2(C3CCCN3)CCCC2)c1. The Bertz CT molecular complexity index is 305. The van der Waals surface area contributed by atoms with Crippen molar-refractivity contribution in [1.29, 1.82) is 0 Å². The molecule has 15 heavy (non-hydrogen) atoms. The number of hydrogen-bond donors (Lipinski definition) is 1. The van der Waals surface area contributed by atoms with E-state index in [4.69, 9.17) is 0 Å². The summed E-state index contributed by atoms with van der Waals surface area (Å²) in [5.41, 5.74) is 0.505. The molecule has 0 aromatic carbocycles. The largest absolute Gasteiger partial charge is 0.313 e. The van der Waals surface area contributed by atoms with Gasteiger partial charge in [0.25, 0.3) is 0 Å². The van der Waals surface area contributed by atoms with E-state index in [2.05, 4.69) is 22.8 Å². The zero-order valence-electron chi connectivity index (χ0n) is 9.17. The molecule has 1 N–H and O–H groups in total. The predicted octanol–water partition coefficient (Wildman–Crippen LogP) is 3.31. The Kier molecular flexibility index (Phi) is 2.57. The second kappa shape index (κ2) is 3.91. The van der Waals surface area contributed by atoms with Crippen molar-refractivity contribution in [1.82, 2.24) is 5.32 Å². The van der Waals surface area contributed by atoms with E-state index in [1.807, 2.05) is 11.3 Å². The Hall–Kier alpha value is -0.340. The molecule has 0 radical (unpaired) electrons. The van der Waals surface area contributed by atoms with E-state index in [-0.39, 0.29) is 0 Å². The highest BCUT2D eigenvalue weighted by Gasteiger charge is 2.44. The van der Waals surface area contributed by atoms with Crippen LogP contribution in [0.4, 0.5) is 0 Å². The molecular weight excluding hydrogens is 202 g/mol. The first-order valence-corrected chi connectivity index (χ1v) is 7.07. The second-order valence-corrected chi connectivity index (χ2v) is 5.94. The molecule has 1 nitrogen and oxygen atoms in total. The number of thiophene rings is 1. The fourth-order valence-electron chi connectivity index (χ4n) is 3.49. The Morgan fingerprint density at radius 2 is 2.13 bits per heavy atom. The van der Waals surface area contributed by atoms with Gasteiger partial charge in [-0.1, -0.05) is 18.9 Å². The minimum absolute atomic E-state index is 0.505. The van der Waals surface area contributed by atoms with Crippen molar-refractivity contribution in [2.75, 3.05) is 6.54 Å². The molecule has 0 bridgehead atoms. The summed E-state index contributed by atoms with van der Waals surface area (Å²) in [5.74, 6) is 0. The van der Waals surface area contributed by atoms with Crippen LogP contribution in [0.3, 0.4) is 0 Å². The van der Waals surface area contributed by atoms with Crippen molar-refractivity contribution in [3.8, 4) is 0 Å². The molecule has 1 aliphatic carbocycles. The molecule has 2 heterocycles. The lowest BCUT2D eigenvalue weighted by molar-refractivity contribution is 0.330. The highest BCUT2D eigenvalue weighted by atomic mass is 32.1. The van der Waals surface area contributed by atoms with Crippen molar-refractivity contribution in [3.63, 3.8) is 0 Å². The molecule has 1 saturated heterocycles. The van der Waals surface area contributed by atoms with Crippen LogP contribution in [-0.2, 0) is 5.41 Å². The van der Waals surface area contributed by atoms with Crippen molar-refractivity contribution in [3.05, 3.63) is 22.4 Å². The molecule has 0 spiro atoms. The molecular formula is C13H19NS. The highest BCUT2D eigenvalue weighted by Crippen LogP contribution is 2.47. The van der Waals surface area contributed by atoms with Crippen LogP contribution < -0.4 is 5.32 Å². The smallest absolute Gasteiger partial charge is 0.0200 e. The molecule has 1 aromatic heterocycles. The number of hydrogen-bond acceptors (Lipinski definition) is 2. The molecule has 82 valence electrons. The van der Waals surface area contributed by atoms with Gasteiger partial charge in [-0.15, -0.1) is 11.3 Å². The summed E-state index contributed by atoms with van der Waals surface area (Å²) in [6.07, 6.45) is 8.43. The summed E-state index contributed by atoms with van der Waals surface area (Å²) in [5, 5.41) is 5.97. The Morgan fingerprint density at radius 1 is 1.27 bits per heavy atom. The molecule has 1 atom stereocenters.